The number of para-hydroxylation sites is 1. The first-order valence-corrected chi connectivity index (χ1v) is 8.17. The summed E-state index contributed by atoms with van der Waals surface area (Å²) in [6.45, 7) is 2.96. The van der Waals surface area contributed by atoms with Crippen LogP contribution in [0, 0.1) is 0 Å². The van der Waals surface area contributed by atoms with Gasteiger partial charge < -0.3 is 14.1 Å². The summed E-state index contributed by atoms with van der Waals surface area (Å²) >= 11 is 0. The summed E-state index contributed by atoms with van der Waals surface area (Å²) in [6.07, 6.45) is 7.05. The molecule has 1 aliphatic rings. The van der Waals surface area contributed by atoms with E-state index in [0.717, 1.165) is 26.1 Å². The van der Waals surface area contributed by atoms with Gasteiger partial charge in [0.05, 0.1) is 18.6 Å². The van der Waals surface area contributed by atoms with Gasteiger partial charge in [0.15, 0.2) is 0 Å². The summed E-state index contributed by atoms with van der Waals surface area (Å²) in [5.41, 5.74) is 3.82. The molecule has 120 valence electrons. The highest BCUT2D eigenvalue weighted by Gasteiger charge is 2.31. The molecule has 4 nitrogen and oxygen atoms in total. The second-order valence-corrected chi connectivity index (χ2v) is 6.33. The van der Waals surface area contributed by atoms with Crippen LogP contribution in [0.5, 0.6) is 0 Å². The molecule has 23 heavy (non-hydrogen) atoms. The molecule has 0 radical (unpaired) electrons. The quantitative estimate of drug-likeness (QED) is 0.797. The number of aromatic amines is 1. The minimum absolute atomic E-state index is 0.217. The molecule has 0 aliphatic carbocycles. The number of fused-ring (bicyclic) bond motifs is 1. The predicted molar refractivity (Wildman–Crippen MR) is 90.4 cm³/mol. The van der Waals surface area contributed by atoms with E-state index in [9.17, 15) is 0 Å². The molecule has 1 aliphatic heterocycles. The number of aromatic nitrogens is 1. The molecule has 0 bridgehead atoms. The Kier molecular flexibility index (Phi) is 3.93. The van der Waals surface area contributed by atoms with Crippen molar-refractivity contribution in [1.29, 1.82) is 0 Å². The Bertz CT molecular complexity index is 763. The highest BCUT2D eigenvalue weighted by molar-refractivity contribution is 5.83. The minimum Gasteiger partial charge on any atom is -0.472 e. The monoisotopic (exact) mass is 310 g/mol. The average molecular weight is 310 g/mol. The van der Waals surface area contributed by atoms with E-state index >= 15 is 0 Å². The van der Waals surface area contributed by atoms with E-state index in [4.69, 9.17) is 9.15 Å². The Hall–Kier alpha value is -2.04. The smallest absolute Gasteiger partial charge is 0.0947 e. The van der Waals surface area contributed by atoms with Gasteiger partial charge in [0.1, 0.15) is 0 Å². The van der Waals surface area contributed by atoms with Gasteiger partial charge in [-0.2, -0.15) is 0 Å². The number of furan rings is 1. The third kappa shape index (κ3) is 2.80. The zero-order chi connectivity index (χ0) is 15.6. The van der Waals surface area contributed by atoms with Crippen LogP contribution in [0.1, 0.15) is 23.5 Å². The zero-order valence-corrected chi connectivity index (χ0v) is 13.4. The number of H-pyrrole nitrogens is 1. The molecule has 1 fully saturated rings. The Morgan fingerprint density at radius 3 is 3.04 bits per heavy atom. The fraction of sp³-hybridized carbons (Fsp3) is 0.368. The molecule has 3 heterocycles. The van der Waals surface area contributed by atoms with E-state index in [2.05, 4.69) is 40.3 Å². The van der Waals surface area contributed by atoms with E-state index in [-0.39, 0.29) is 6.10 Å². The molecule has 1 aromatic carbocycles. The lowest BCUT2D eigenvalue weighted by atomic mass is 9.86. The van der Waals surface area contributed by atoms with Gasteiger partial charge in [-0.25, -0.2) is 0 Å². The highest BCUT2D eigenvalue weighted by Crippen LogP contribution is 2.35. The summed E-state index contributed by atoms with van der Waals surface area (Å²) < 4.78 is 11.0. The van der Waals surface area contributed by atoms with Crippen LogP contribution in [0.25, 0.3) is 10.9 Å². The Morgan fingerprint density at radius 2 is 2.22 bits per heavy atom. The van der Waals surface area contributed by atoms with Crippen LogP contribution in [-0.2, 0) is 11.3 Å². The van der Waals surface area contributed by atoms with Gasteiger partial charge in [-0.15, -0.1) is 0 Å². The first-order chi connectivity index (χ1) is 11.3. The SMILES string of the molecule is COC1CN(Cc2ccoc2)CCC1c1c[nH]c2ccccc12. The van der Waals surface area contributed by atoms with Gasteiger partial charge in [-0.3, -0.25) is 4.90 Å². The molecule has 0 saturated carbocycles. The molecule has 0 spiro atoms. The Morgan fingerprint density at radius 1 is 1.30 bits per heavy atom. The largest absolute Gasteiger partial charge is 0.472 e. The number of benzene rings is 1. The van der Waals surface area contributed by atoms with E-state index in [1.165, 1.54) is 22.0 Å². The number of nitrogens with one attached hydrogen (secondary N) is 1. The number of hydrogen-bond donors (Lipinski definition) is 1. The molecule has 1 saturated heterocycles. The number of likely N-dealkylation sites (tertiary alicyclic amines) is 1. The van der Waals surface area contributed by atoms with E-state index in [0.29, 0.717) is 5.92 Å². The first-order valence-electron chi connectivity index (χ1n) is 8.17. The van der Waals surface area contributed by atoms with Crippen molar-refractivity contribution in [2.24, 2.45) is 0 Å². The van der Waals surface area contributed by atoms with E-state index in [1.54, 1.807) is 6.26 Å². The lowest BCUT2D eigenvalue weighted by Gasteiger charge is -2.37. The van der Waals surface area contributed by atoms with Gasteiger partial charge in [0.25, 0.3) is 0 Å². The predicted octanol–water partition coefficient (Wildman–Crippen LogP) is 3.77. The molecule has 2 atom stereocenters. The second kappa shape index (κ2) is 6.22. The lowest BCUT2D eigenvalue weighted by Crippen LogP contribution is -2.43. The van der Waals surface area contributed by atoms with Gasteiger partial charge >= 0.3 is 0 Å². The fourth-order valence-corrected chi connectivity index (χ4v) is 3.76. The topological polar surface area (TPSA) is 41.4 Å². The van der Waals surface area contributed by atoms with Crippen LogP contribution in [-0.4, -0.2) is 36.2 Å². The maximum atomic E-state index is 5.85. The van der Waals surface area contributed by atoms with Gasteiger partial charge in [0, 0.05) is 48.8 Å². The molecule has 4 heteroatoms. The van der Waals surface area contributed by atoms with Crippen LogP contribution in [0.4, 0.5) is 0 Å². The number of rotatable bonds is 4. The van der Waals surface area contributed by atoms with Gasteiger partial charge in [0.2, 0.25) is 0 Å². The standard InChI is InChI=1S/C19H22N2O2/c1-22-19-12-21(11-14-7-9-23-13-14)8-6-16(19)17-10-20-18-5-3-2-4-15(17)18/h2-5,7,9-10,13,16,19-20H,6,8,11-12H2,1H3. The van der Waals surface area contributed by atoms with Crippen LogP contribution >= 0.6 is 0 Å². The second-order valence-electron chi connectivity index (χ2n) is 6.33. The van der Waals surface area contributed by atoms with Gasteiger partial charge in [-0.1, -0.05) is 18.2 Å². The number of methoxy groups -OCH3 is 1. The molecule has 3 aromatic rings. The normalized spacial score (nSPS) is 22.7. The molecule has 4 rings (SSSR count). The number of piperidine rings is 1. The van der Waals surface area contributed by atoms with E-state index < -0.39 is 0 Å². The number of ether oxygens (including phenoxy) is 1. The third-order valence-corrected chi connectivity index (χ3v) is 4.95. The maximum absolute atomic E-state index is 5.85. The van der Waals surface area contributed by atoms with Crippen molar-refractivity contribution < 1.29 is 9.15 Å². The van der Waals surface area contributed by atoms with Gasteiger partial charge in [-0.05, 0) is 30.7 Å². The van der Waals surface area contributed by atoms with Crippen LogP contribution in [0.3, 0.4) is 0 Å². The summed E-state index contributed by atoms with van der Waals surface area (Å²) in [6, 6.07) is 10.5. The van der Waals surface area contributed by atoms with Crippen molar-refractivity contribution >= 4 is 10.9 Å². The minimum atomic E-state index is 0.217. The molecular weight excluding hydrogens is 288 g/mol. The Balaban J connectivity index is 1.54. The number of nitrogens with zero attached hydrogens (tertiary/aromatic N) is 1. The van der Waals surface area contributed by atoms with Crippen molar-refractivity contribution in [3.63, 3.8) is 0 Å². The molecular formula is C19H22N2O2. The molecule has 2 unspecified atom stereocenters. The fourth-order valence-electron chi connectivity index (χ4n) is 3.76. The number of hydrogen-bond acceptors (Lipinski definition) is 3. The average Bonchev–Trinajstić information content (AvgIpc) is 3.24. The van der Waals surface area contributed by atoms with Crippen molar-refractivity contribution in [3.8, 4) is 0 Å². The maximum Gasteiger partial charge on any atom is 0.0947 e. The lowest BCUT2D eigenvalue weighted by molar-refractivity contribution is 0.0121. The van der Waals surface area contributed by atoms with E-state index in [1.807, 2.05) is 19.4 Å². The third-order valence-electron chi connectivity index (χ3n) is 4.95. The summed E-state index contributed by atoms with van der Waals surface area (Å²) in [5, 5.41) is 1.32. The van der Waals surface area contributed by atoms with Crippen LogP contribution in [0.15, 0.2) is 53.5 Å². The first kappa shape index (κ1) is 14.5. The summed E-state index contributed by atoms with van der Waals surface area (Å²) in [4.78, 5) is 5.84. The highest BCUT2D eigenvalue weighted by atomic mass is 16.5. The van der Waals surface area contributed by atoms with Crippen LogP contribution < -0.4 is 0 Å². The molecule has 2 aromatic heterocycles. The Labute approximate surface area is 136 Å². The summed E-state index contributed by atoms with van der Waals surface area (Å²) in [7, 11) is 1.83. The van der Waals surface area contributed by atoms with Crippen molar-refractivity contribution in [2.45, 2.75) is 25.0 Å². The van der Waals surface area contributed by atoms with Crippen molar-refractivity contribution in [1.82, 2.24) is 9.88 Å². The van der Waals surface area contributed by atoms with Crippen molar-refractivity contribution in [3.05, 3.63) is 60.2 Å². The molecule has 0 amide bonds. The zero-order valence-electron chi connectivity index (χ0n) is 13.4. The summed E-state index contributed by atoms with van der Waals surface area (Å²) in [5.74, 6) is 0.441. The van der Waals surface area contributed by atoms with Crippen molar-refractivity contribution in [2.75, 3.05) is 20.2 Å². The van der Waals surface area contributed by atoms with Crippen LogP contribution in [0.2, 0.25) is 0 Å². The molecule has 1 N–H and O–H groups in total.